The van der Waals surface area contributed by atoms with E-state index in [-0.39, 0.29) is 6.42 Å². The number of carbonyl (C=O) groups excluding carboxylic acids is 2. The van der Waals surface area contributed by atoms with Crippen LogP contribution in [0.15, 0.2) is 136 Å². The number of amides is 4. The predicted molar refractivity (Wildman–Crippen MR) is 515 cm³/mol. The lowest BCUT2D eigenvalue weighted by molar-refractivity contribution is 0.261. The highest BCUT2D eigenvalue weighted by atomic mass is 16.5. The summed E-state index contributed by atoms with van der Waals surface area (Å²) in [6.45, 7) is 28.4. The van der Waals surface area contributed by atoms with Gasteiger partial charge in [0.25, 0.3) is 0 Å². The zero-order valence-electron chi connectivity index (χ0n) is 76.1. The Morgan fingerprint density at radius 1 is 0.254 bits per heavy atom. The third-order valence-electron chi connectivity index (χ3n) is 22.6. The topological polar surface area (TPSA) is 208 Å². The minimum atomic E-state index is -0.451. The monoisotopic (exact) mass is 1680 g/mol. The van der Waals surface area contributed by atoms with Crippen molar-refractivity contribution in [2.24, 2.45) is 0 Å². The molecule has 16 nitrogen and oxygen atoms in total. The van der Waals surface area contributed by atoms with Crippen LogP contribution < -0.4 is 70.6 Å². The molecular weight excluding hydrogens is 1520 g/mol. The highest BCUT2D eigenvalue weighted by Gasteiger charge is 2.26. The van der Waals surface area contributed by atoms with Crippen molar-refractivity contribution in [3.63, 3.8) is 0 Å². The number of nitrogens with two attached hydrogens (primary N) is 2. The summed E-state index contributed by atoms with van der Waals surface area (Å²) >= 11 is 0. The first-order valence-electron chi connectivity index (χ1n) is 47.9. The Morgan fingerprint density at radius 2 is 0.434 bits per heavy atom. The molecule has 0 aliphatic heterocycles. The molecule has 4 amide bonds. The Morgan fingerprint density at radius 3 is 0.648 bits per heavy atom. The molecule has 6 aromatic carbocycles. The van der Waals surface area contributed by atoms with Gasteiger partial charge in [0.2, 0.25) is 0 Å². The van der Waals surface area contributed by atoms with Crippen molar-refractivity contribution in [3.05, 3.63) is 180 Å². The first-order valence-corrected chi connectivity index (χ1v) is 47.9. The normalized spacial score (nSPS) is 11.6. The highest BCUT2D eigenvalue weighted by Crippen LogP contribution is 2.44. The van der Waals surface area contributed by atoms with Gasteiger partial charge in [-0.15, -0.1) is 26.3 Å². The summed E-state index contributed by atoms with van der Waals surface area (Å²) in [6.07, 6.45) is 57.0. The van der Waals surface area contributed by atoms with Crippen LogP contribution in [-0.2, 0) is 25.7 Å². The van der Waals surface area contributed by atoms with Gasteiger partial charge in [0.05, 0.1) is 52.9 Å². The summed E-state index contributed by atoms with van der Waals surface area (Å²) in [4.78, 5) is 30.3. The van der Waals surface area contributed by atoms with Gasteiger partial charge in [0.1, 0.15) is 46.0 Å². The summed E-state index contributed by atoms with van der Waals surface area (Å²) in [7, 11) is 0. The second kappa shape index (κ2) is 62.0. The van der Waals surface area contributed by atoms with E-state index in [0.29, 0.717) is 141 Å². The molecule has 6 aromatic rings. The number of anilines is 6. The minimum Gasteiger partial charge on any atom is -0.493 e. The van der Waals surface area contributed by atoms with Crippen LogP contribution in [0.25, 0.3) is 0 Å². The van der Waals surface area contributed by atoms with Crippen molar-refractivity contribution >= 4 is 46.2 Å². The van der Waals surface area contributed by atoms with Gasteiger partial charge in [-0.3, -0.25) is 0 Å². The van der Waals surface area contributed by atoms with Crippen LogP contribution >= 0.6 is 0 Å². The number of unbranched alkanes of at least 4 members (excludes halogenated alkanes) is 36. The molecule has 7 rings (SSSR count). The second-order valence-electron chi connectivity index (χ2n) is 33.7. The zero-order valence-corrected chi connectivity index (χ0v) is 76.1. The van der Waals surface area contributed by atoms with Gasteiger partial charge in [0.15, 0.2) is 0 Å². The van der Waals surface area contributed by atoms with E-state index in [2.05, 4.69) is 75.3 Å². The maximum Gasteiger partial charge on any atom is 0.323 e. The fourth-order valence-electron chi connectivity index (χ4n) is 16.0. The Balaban J connectivity index is 1.34. The van der Waals surface area contributed by atoms with Gasteiger partial charge in [-0.1, -0.05) is 232 Å². The van der Waals surface area contributed by atoms with Crippen molar-refractivity contribution < 1.29 is 47.5 Å². The molecule has 0 heterocycles. The molecular formula is C106H158N6O10. The molecule has 0 unspecified atom stereocenters. The van der Waals surface area contributed by atoms with Gasteiger partial charge in [0, 0.05) is 141 Å². The first-order chi connectivity index (χ1) is 59.9. The lowest BCUT2D eigenvalue weighted by Crippen LogP contribution is -2.20. The van der Waals surface area contributed by atoms with Crippen LogP contribution in [0.2, 0.25) is 0 Å². The molecule has 1 aliphatic carbocycles. The molecule has 1 aliphatic rings. The van der Waals surface area contributed by atoms with Crippen molar-refractivity contribution in [1.29, 1.82) is 0 Å². The summed E-state index contributed by atoms with van der Waals surface area (Å²) < 4.78 is 54.7. The average molecular weight is 1680 g/mol. The maximum atomic E-state index is 15.2. The minimum absolute atomic E-state index is 0.253. The van der Waals surface area contributed by atoms with Crippen molar-refractivity contribution in [3.8, 4) is 46.0 Å². The molecule has 0 fully saturated rings. The van der Waals surface area contributed by atoms with Crippen molar-refractivity contribution in [2.75, 3.05) is 85.6 Å². The van der Waals surface area contributed by atoms with E-state index in [4.69, 9.17) is 49.4 Å². The Labute approximate surface area is 737 Å². The van der Waals surface area contributed by atoms with Crippen LogP contribution in [-0.4, -0.2) is 64.9 Å². The molecule has 0 aromatic heterocycles. The van der Waals surface area contributed by atoms with Crippen LogP contribution in [0, 0.1) is 0 Å². The molecule has 672 valence electrons. The maximum absolute atomic E-state index is 15.2. The number of benzene rings is 6. The number of urea groups is 2. The van der Waals surface area contributed by atoms with E-state index in [9.17, 15) is 0 Å². The van der Waals surface area contributed by atoms with Crippen molar-refractivity contribution in [1.82, 2.24) is 0 Å². The molecule has 16 heteroatoms. The number of fused-ring (bicyclic) bond motifs is 8. The number of hydrogen-bond acceptors (Lipinski definition) is 12. The summed E-state index contributed by atoms with van der Waals surface area (Å²) in [6, 6.07) is 26.8. The van der Waals surface area contributed by atoms with E-state index < -0.39 is 12.1 Å². The van der Waals surface area contributed by atoms with E-state index in [1.165, 1.54) is 103 Å². The average Bonchev–Trinajstić information content (AvgIpc) is 0.772. The van der Waals surface area contributed by atoms with Crippen LogP contribution in [0.3, 0.4) is 0 Å². The Hall–Kier alpha value is -9.18. The van der Waals surface area contributed by atoms with Crippen LogP contribution in [0.1, 0.15) is 355 Å². The summed E-state index contributed by atoms with van der Waals surface area (Å²) in [5.41, 5.74) is 24.3. The van der Waals surface area contributed by atoms with E-state index >= 15 is 9.59 Å². The third kappa shape index (κ3) is 40.0. The van der Waals surface area contributed by atoms with Gasteiger partial charge in [-0.2, -0.15) is 0 Å². The number of ether oxygens (including phenoxy) is 8. The number of nitrogens with one attached hydrogen (secondary N) is 4. The SMILES string of the molecule is C=CCCCCCCCCCOc1cc(NC(=O)Nc2cc3c(OCCCCC)c(c2)Cc2cc(NC(=O)Nc4cc(OCCCCCCCCCC=C)cc(OCCCCCCCCCC=C)c4)cc(c2OCCCCC)Cc2cc(N)cc(c2OCCCCC)Cc2cc(N)cc(c2OCCCCC)C3)cc(OCCCCCCCCCC=C)c1. The van der Waals surface area contributed by atoms with Gasteiger partial charge >= 0.3 is 12.1 Å². The molecule has 0 spiro atoms. The quantitative estimate of drug-likeness (QED) is 0.0120. The molecule has 8 bridgehead atoms. The standard InChI is InChI=1S/C106H158N6O10/c1-9-17-25-29-33-37-41-45-53-57-115-97-77-95(78-98(81-97)116-58-54-46-42-38-34-30-26-18-10-2)111-105(113)109-93-73-87-66-85-71-91(107)69-83(101(85)119-61-49-21-13-5)65-84-70-92(108)72-86(102(84)120-62-50-22-14-6)67-88-74-94(76-90(104(88)122-64-52-24-16-8)68-89(75-93)103(87)121-63-51-23-15-7)110-106(114)112-96-79-99(117-59-55-47-43-39-35-31-27-19-11-3)82-100(80-96)118-60-56-48-44-40-36-32-28-20-12-4/h9-12,69-82H,1-4,13-68,107-108H2,5-8H3,(H2,109,111,113)(H2,110,112,114). The fourth-order valence-corrected chi connectivity index (χ4v) is 16.0. The van der Waals surface area contributed by atoms with E-state index in [1.807, 2.05) is 109 Å². The van der Waals surface area contributed by atoms with E-state index in [1.54, 1.807) is 0 Å². The van der Waals surface area contributed by atoms with E-state index in [0.717, 1.165) is 236 Å². The van der Waals surface area contributed by atoms with Crippen LogP contribution in [0.4, 0.5) is 43.7 Å². The number of rotatable bonds is 68. The molecule has 8 N–H and O–H groups in total. The molecule has 0 atom stereocenters. The number of carbonyl (C=O) groups is 2. The second-order valence-corrected chi connectivity index (χ2v) is 33.7. The van der Waals surface area contributed by atoms with Gasteiger partial charge in [-0.05, 0) is 151 Å². The molecule has 0 radical (unpaired) electrons. The Kier molecular flexibility index (Phi) is 50.8. The van der Waals surface area contributed by atoms with Gasteiger partial charge < -0.3 is 70.6 Å². The largest absolute Gasteiger partial charge is 0.493 e. The highest BCUT2D eigenvalue weighted by molar-refractivity contribution is 6.01. The zero-order chi connectivity index (χ0) is 86.7. The number of hydrogen-bond donors (Lipinski definition) is 6. The molecule has 122 heavy (non-hydrogen) atoms. The third-order valence-corrected chi connectivity index (χ3v) is 22.6. The summed E-state index contributed by atoms with van der Waals surface area (Å²) in [5, 5.41) is 13.1. The molecule has 0 saturated carbocycles. The Bertz CT molecular complexity index is 3640. The molecule has 0 saturated heterocycles. The lowest BCUT2D eigenvalue weighted by atomic mass is 9.90. The van der Waals surface area contributed by atoms with Crippen LogP contribution in [0.5, 0.6) is 46.0 Å². The predicted octanol–water partition coefficient (Wildman–Crippen LogP) is 29.8. The van der Waals surface area contributed by atoms with Crippen molar-refractivity contribution in [2.45, 2.75) is 336 Å². The fraction of sp³-hybridized carbons (Fsp3) is 0.566. The number of allylic oxidation sites excluding steroid dienone is 4. The van der Waals surface area contributed by atoms with Gasteiger partial charge in [-0.25, -0.2) is 9.59 Å². The smallest absolute Gasteiger partial charge is 0.323 e. The number of nitrogen functional groups attached to an aromatic ring is 2. The lowest BCUT2D eigenvalue weighted by Gasteiger charge is -2.25. The first kappa shape index (κ1) is 99.9. The summed E-state index contributed by atoms with van der Waals surface area (Å²) in [5.74, 6) is 5.37.